The molecule has 2 aliphatic rings. The molecule has 0 unspecified atom stereocenters. The molecule has 308 valence electrons. The number of ether oxygens (including phenoxy) is 2. The molecule has 0 aliphatic heterocycles. The molecule has 2 fully saturated rings. The molecular formula is C50H59BBrN2O4P. The van der Waals surface area contributed by atoms with Gasteiger partial charge in [-0.25, -0.2) is 4.98 Å². The van der Waals surface area contributed by atoms with Crippen molar-refractivity contribution in [3.05, 3.63) is 156 Å². The molecule has 2 saturated carbocycles. The molecule has 0 atom stereocenters. The number of halogens is 1. The van der Waals surface area contributed by atoms with Gasteiger partial charge < -0.3 is 19.5 Å². The summed E-state index contributed by atoms with van der Waals surface area (Å²) in [7, 11) is 2.01. The first kappa shape index (κ1) is 45.8. The summed E-state index contributed by atoms with van der Waals surface area (Å²) in [5.41, 5.74) is 9.22. The number of benzene rings is 4. The Morgan fingerprint density at radius 1 is 0.559 bits per heavy atom. The predicted octanol–water partition coefficient (Wildman–Crippen LogP) is 11.7. The lowest BCUT2D eigenvalue weighted by Crippen LogP contribution is -2.31. The predicted molar refractivity (Wildman–Crippen MR) is 253 cm³/mol. The summed E-state index contributed by atoms with van der Waals surface area (Å²) >= 11 is 3.20. The fourth-order valence-corrected chi connectivity index (χ4v) is 12.3. The molecule has 0 saturated heterocycles. The van der Waals surface area contributed by atoms with Gasteiger partial charge in [-0.2, -0.15) is 0 Å². The number of rotatable bonds is 8. The van der Waals surface area contributed by atoms with E-state index in [0.717, 1.165) is 44.2 Å². The summed E-state index contributed by atoms with van der Waals surface area (Å²) in [6.07, 6.45) is 17.7. The number of nitrogens with zero attached hydrogens (tertiary/aromatic N) is 2. The van der Waals surface area contributed by atoms with Crippen molar-refractivity contribution < 1.29 is 19.5 Å². The lowest BCUT2D eigenvalue weighted by Gasteiger charge is -2.39. The lowest BCUT2D eigenvalue weighted by molar-refractivity contribution is 0.397. The largest absolute Gasteiger partial charge is 0.496 e. The monoisotopic (exact) mass is 872 g/mol. The Morgan fingerprint density at radius 2 is 1.07 bits per heavy atom. The number of hydrogen-bond donors (Lipinski definition) is 2. The van der Waals surface area contributed by atoms with Crippen molar-refractivity contribution in [1.82, 2.24) is 9.97 Å². The third-order valence-electron chi connectivity index (χ3n) is 11.0. The Labute approximate surface area is 362 Å². The standard InChI is InChI=1S/C26H35O2P.C12H11N.C7H9BO2.C5H4BrN/c1-27-23-17-11-18-24(28-2)26(23)22-16-9-10-19-25(22)29(20-12-5-3-6-13-20)21-14-7-4-8-15-21;1-10-6-2-3-7-11(10)12-8-4-5-9-13-12;1-6-4-2-3-5-7(6)8(9)10;6-5-3-1-2-4-7-5/h9-11,16-21H,3-8,12-15H2,1-2H3;2-9H,1H3;2-5,9-10H,1H3;1-4H. The van der Waals surface area contributed by atoms with E-state index < -0.39 is 7.12 Å². The smallest absolute Gasteiger partial charge is 0.488 e. The molecule has 2 N–H and O–H groups in total. The second-order valence-electron chi connectivity index (χ2n) is 15.0. The van der Waals surface area contributed by atoms with Gasteiger partial charge in [0.1, 0.15) is 16.1 Å². The minimum atomic E-state index is -1.35. The van der Waals surface area contributed by atoms with Crippen LogP contribution in [0.3, 0.4) is 0 Å². The van der Waals surface area contributed by atoms with Gasteiger partial charge in [0.25, 0.3) is 0 Å². The summed E-state index contributed by atoms with van der Waals surface area (Å²) < 4.78 is 12.5. The molecular weight excluding hydrogens is 814 g/mol. The molecule has 2 heterocycles. The topological polar surface area (TPSA) is 84.7 Å². The average Bonchev–Trinajstić information content (AvgIpc) is 3.28. The van der Waals surface area contributed by atoms with E-state index >= 15 is 0 Å². The van der Waals surface area contributed by atoms with Gasteiger partial charge in [-0.3, -0.25) is 4.98 Å². The van der Waals surface area contributed by atoms with Crippen LogP contribution in [0.4, 0.5) is 0 Å². The van der Waals surface area contributed by atoms with Crippen molar-refractivity contribution in [3.8, 4) is 33.9 Å². The molecule has 4 aromatic carbocycles. The maximum absolute atomic E-state index is 8.76. The van der Waals surface area contributed by atoms with Crippen LogP contribution in [0, 0.1) is 13.8 Å². The van der Waals surface area contributed by atoms with Crippen LogP contribution < -0.4 is 20.2 Å². The second-order valence-corrected chi connectivity index (χ2v) is 18.5. The molecule has 2 aromatic heterocycles. The van der Waals surface area contributed by atoms with Crippen LogP contribution in [0.1, 0.15) is 75.3 Å². The van der Waals surface area contributed by atoms with Crippen LogP contribution in [-0.4, -0.2) is 52.7 Å². The number of aryl methyl sites for hydroxylation is 2. The molecule has 0 bridgehead atoms. The van der Waals surface area contributed by atoms with Crippen LogP contribution in [0.2, 0.25) is 0 Å². The summed E-state index contributed by atoms with van der Waals surface area (Å²) in [5.74, 6) is 1.83. The Morgan fingerprint density at radius 3 is 1.53 bits per heavy atom. The molecule has 6 aromatic rings. The van der Waals surface area contributed by atoms with E-state index in [-0.39, 0.29) is 7.92 Å². The fourth-order valence-electron chi connectivity index (χ4n) is 8.04. The highest BCUT2D eigenvalue weighted by Gasteiger charge is 2.34. The van der Waals surface area contributed by atoms with Crippen LogP contribution in [0.25, 0.3) is 22.4 Å². The van der Waals surface area contributed by atoms with E-state index in [1.807, 2.05) is 79.9 Å². The van der Waals surface area contributed by atoms with Gasteiger partial charge in [0, 0.05) is 18.0 Å². The molecule has 6 nitrogen and oxygen atoms in total. The second kappa shape index (κ2) is 24.7. The van der Waals surface area contributed by atoms with Gasteiger partial charge in [-0.15, -0.1) is 0 Å². The van der Waals surface area contributed by atoms with Gasteiger partial charge in [-0.05, 0) is 125 Å². The molecule has 8 rings (SSSR count). The van der Waals surface area contributed by atoms with Gasteiger partial charge in [0.05, 0.1) is 25.5 Å². The zero-order valence-electron chi connectivity index (χ0n) is 35.0. The Balaban J connectivity index is 0.000000180. The summed E-state index contributed by atoms with van der Waals surface area (Å²) in [4.78, 5) is 8.21. The van der Waals surface area contributed by atoms with Crippen molar-refractivity contribution in [2.24, 2.45) is 0 Å². The SMILES string of the molecule is Brc1ccccn1.COc1cccc(OC)c1-c1ccccc1P(C1CCCCC1)C1CCCCC1.Cc1ccccc1-c1ccccn1.Cc1ccccc1B(O)O. The van der Waals surface area contributed by atoms with E-state index in [4.69, 9.17) is 19.5 Å². The highest BCUT2D eigenvalue weighted by Crippen LogP contribution is 2.57. The Hall–Kier alpha value is -4.33. The third-order valence-corrected chi connectivity index (χ3v) is 15.0. The number of hydrogen-bond acceptors (Lipinski definition) is 6. The maximum Gasteiger partial charge on any atom is 0.488 e. The van der Waals surface area contributed by atoms with Gasteiger partial charge in [0.15, 0.2) is 0 Å². The van der Waals surface area contributed by atoms with E-state index in [9.17, 15) is 0 Å². The number of pyridine rings is 2. The zero-order chi connectivity index (χ0) is 41.8. The normalized spacial score (nSPS) is 14.0. The van der Waals surface area contributed by atoms with Crippen molar-refractivity contribution in [3.63, 3.8) is 0 Å². The maximum atomic E-state index is 8.76. The van der Waals surface area contributed by atoms with Gasteiger partial charge in [-0.1, -0.05) is 143 Å². The number of aromatic nitrogens is 2. The van der Waals surface area contributed by atoms with Crippen LogP contribution in [0.5, 0.6) is 11.5 Å². The van der Waals surface area contributed by atoms with Crippen molar-refractivity contribution in [1.29, 1.82) is 0 Å². The summed E-state index contributed by atoms with van der Waals surface area (Å²) in [6.45, 7) is 3.94. The van der Waals surface area contributed by atoms with E-state index in [1.54, 1.807) is 37.9 Å². The van der Waals surface area contributed by atoms with Crippen molar-refractivity contribution in [2.45, 2.75) is 89.4 Å². The fraction of sp³-hybridized carbons (Fsp3) is 0.320. The quantitative estimate of drug-likeness (QED) is 0.0900. The Bertz CT molecular complexity index is 2070. The molecule has 0 radical (unpaired) electrons. The first-order valence-corrected chi connectivity index (χ1v) is 23.1. The number of methoxy groups -OCH3 is 2. The van der Waals surface area contributed by atoms with E-state index in [0.29, 0.717) is 5.46 Å². The first-order chi connectivity index (χ1) is 28.8. The third kappa shape index (κ3) is 13.6. The van der Waals surface area contributed by atoms with Crippen molar-refractivity contribution in [2.75, 3.05) is 14.2 Å². The summed E-state index contributed by atoms with van der Waals surface area (Å²) in [5, 5.41) is 19.1. The van der Waals surface area contributed by atoms with Crippen molar-refractivity contribution >= 4 is 41.7 Å². The molecule has 59 heavy (non-hydrogen) atoms. The first-order valence-electron chi connectivity index (χ1n) is 20.9. The summed E-state index contributed by atoms with van der Waals surface area (Å²) in [6, 6.07) is 42.4. The van der Waals surface area contributed by atoms with Crippen LogP contribution >= 0.6 is 23.9 Å². The Kier molecular flexibility index (Phi) is 19.1. The minimum Gasteiger partial charge on any atom is -0.496 e. The van der Waals surface area contributed by atoms with Gasteiger partial charge >= 0.3 is 7.12 Å². The zero-order valence-corrected chi connectivity index (χ0v) is 37.5. The van der Waals surface area contributed by atoms with Crippen LogP contribution in [0.15, 0.2) is 144 Å². The molecule has 0 spiro atoms. The van der Waals surface area contributed by atoms with Crippen LogP contribution in [-0.2, 0) is 0 Å². The lowest BCUT2D eigenvalue weighted by atomic mass is 9.77. The molecule has 2 aliphatic carbocycles. The van der Waals surface area contributed by atoms with E-state index in [1.165, 1.54) is 80.9 Å². The highest BCUT2D eigenvalue weighted by molar-refractivity contribution is 9.10. The average molecular weight is 874 g/mol. The highest BCUT2D eigenvalue weighted by atomic mass is 79.9. The minimum absolute atomic E-state index is 0.182. The molecule has 9 heteroatoms. The van der Waals surface area contributed by atoms with Gasteiger partial charge in [0.2, 0.25) is 0 Å². The van der Waals surface area contributed by atoms with E-state index in [2.05, 4.69) is 81.4 Å². The molecule has 0 amide bonds.